The fourth-order valence-electron chi connectivity index (χ4n) is 2.67. The maximum Gasteiger partial charge on any atom is 0.283 e. The van der Waals surface area contributed by atoms with Crippen LogP contribution in [0.4, 0.5) is 10.1 Å². The van der Waals surface area contributed by atoms with Gasteiger partial charge in [-0.2, -0.15) is 0 Å². The molecule has 0 radical (unpaired) electrons. The van der Waals surface area contributed by atoms with Gasteiger partial charge in [-0.25, -0.2) is 9.38 Å². The molecule has 1 atom stereocenters. The van der Waals surface area contributed by atoms with Crippen molar-refractivity contribution in [3.8, 4) is 0 Å². The number of nitrogens with zero attached hydrogens (tertiary/aromatic N) is 2. The van der Waals surface area contributed by atoms with Gasteiger partial charge < -0.3 is 5.32 Å². The second-order valence-corrected chi connectivity index (χ2v) is 7.56. The third-order valence-corrected chi connectivity index (χ3v) is 5.31. The van der Waals surface area contributed by atoms with Gasteiger partial charge in [0.1, 0.15) is 11.5 Å². The van der Waals surface area contributed by atoms with Crippen LogP contribution in [0, 0.1) is 5.82 Å². The van der Waals surface area contributed by atoms with Gasteiger partial charge in [-0.05, 0) is 49.2 Å². The highest BCUT2D eigenvalue weighted by Crippen LogP contribution is 2.29. The number of amidine groups is 1. The lowest BCUT2D eigenvalue weighted by Crippen LogP contribution is -2.35. The summed E-state index contributed by atoms with van der Waals surface area (Å²) in [5.41, 5.74) is 1.62. The molecule has 1 aliphatic rings. The van der Waals surface area contributed by atoms with Crippen molar-refractivity contribution in [1.82, 2.24) is 5.32 Å². The van der Waals surface area contributed by atoms with Crippen molar-refractivity contribution in [2.45, 2.75) is 26.3 Å². The van der Waals surface area contributed by atoms with Crippen molar-refractivity contribution in [2.75, 3.05) is 10.7 Å². The van der Waals surface area contributed by atoms with Gasteiger partial charge in [-0.1, -0.05) is 49.0 Å². The Balaban J connectivity index is 1.86. The van der Waals surface area contributed by atoms with Gasteiger partial charge in [0.2, 0.25) is 5.91 Å². The molecular formula is C22H22FN3O2S. The molecule has 29 heavy (non-hydrogen) atoms. The van der Waals surface area contributed by atoms with Crippen LogP contribution < -0.4 is 10.2 Å². The number of rotatable bonds is 6. The minimum Gasteiger partial charge on any atom is -0.353 e. The second kappa shape index (κ2) is 9.52. The van der Waals surface area contributed by atoms with E-state index in [0.717, 1.165) is 12.0 Å². The van der Waals surface area contributed by atoms with Crippen LogP contribution in [0.1, 0.15) is 25.8 Å². The first-order valence-corrected chi connectivity index (χ1v) is 10.3. The number of amides is 2. The molecule has 2 amide bonds. The summed E-state index contributed by atoms with van der Waals surface area (Å²) in [5.74, 6) is -0.698. The van der Waals surface area contributed by atoms with Gasteiger partial charge in [0, 0.05) is 6.04 Å². The molecule has 0 fully saturated rings. The van der Waals surface area contributed by atoms with Crippen LogP contribution >= 0.6 is 11.8 Å². The topological polar surface area (TPSA) is 61.8 Å². The highest BCUT2D eigenvalue weighted by molar-refractivity contribution is 8.14. The van der Waals surface area contributed by atoms with E-state index < -0.39 is 0 Å². The molecule has 1 N–H and O–H groups in total. The number of halogens is 1. The van der Waals surface area contributed by atoms with Crippen LogP contribution in [0.3, 0.4) is 0 Å². The van der Waals surface area contributed by atoms with Gasteiger partial charge in [0.25, 0.3) is 5.91 Å². The van der Waals surface area contributed by atoms with Crippen LogP contribution in [0.5, 0.6) is 0 Å². The van der Waals surface area contributed by atoms with Crippen molar-refractivity contribution in [3.05, 3.63) is 71.7 Å². The summed E-state index contributed by atoms with van der Waals surface area (Å²) < 4.78 is 13.3. The molecule has 7 heteroatoms. The predicted molar refractivity (Wildman–Crippen MR) is 116 cm³/mol. The van der Waals surface area contributed by atoms with Gasteiger partial charge in [0.05, 0.1) is 11.4 Å². The molecule has 0 aliphatic carbocycles. The Morgan fingerprint density at radius 1 is 1.21 bits per heavy atom. The normalized spacial score (nSPS) is 16.1. The Bertz CT molecular complexity index is 942. The van der Waals surface area contributed by atoms with Gasteiger partial charge in [0.15, 0.2) is 5.17 Å². The van der Waals surface area contributed by atoms with E-state index in [1.54, 1.807) is 6.08 Å². The lowest BCUT2D eigenvalue weighted by Gasteiger charge is -2.18. The molecule has 1 aliphatic heterocycles. The zero-order valence-corrected chi connectivity index (χ0v) is 17.1. The lowest BCUT2D eigenvalue weighted by molar-refractivity contribution is -0.119. The molecule has 2 aromatic carbocycles. The number of nitrogens with one attached hydrogen (secondary N) is 1. The van der Waals surface area contributed by atoms with Crippen molar-refractivity contribution >= 4 is 40.5 Å². The van der Waals surface area contributed by atoms with Gasteiger partial charge >= 0.3 is 0 Å². The van der Waals surface area contributed by atoms with Crippen LogP contribution in [0.2, 0.25) is 0 Å². The molecule has 0 bridgehead atoms. The van der Waals surface area contributed by atoms with Crippen molar-refractivity contribution in [2.24, 2.45) is 4.99 Å². The molecule has 0 saturated heterocycles. The first kappa shape index (κ1) is 20.8. The Labute approximate surface area is 173 Å². The molecule has 0 spiro atoms. The summed E-state index contributed by atoms with van der Waals surface area (Å²) in [6, 6.07) is 15.1. The third-order valence-electron chi connectivity index (χ3n) is 4.37. The number of hydrogen-bond acceptors (Lipinski definition) is 4. The molecule has 1 unspecified atom stereocenters. The Morgan fingerprint density at radius 2 is 1.90 bits per heavy atom. The van der Waals surface area contributed by atoms with Crippen molar-refractivity contribution in [1.29, 1.82) is 0 Å². The van der Waals surface area contributed by atoms with Crippen LogP contribution in [-0.2, 0) is 9.59 Å². The van der Waals surface area contributed by atoms with E-state index in [2.05, 4.69) is 10.3 Å². The summed E-state index contributed by atoms with van der Waals surface area (Å²) in [6.07, 6.45) is 2.53. The van der Waals surface area contributed by atoms with Gasteiger partial charge in [-0.3, -0.25) is 14.5 Å². The number of carbonyl (C=O) groups is 2. The molecule has 150 valence electrons. The number of anilines is 1. The highest BCUT2D eigenvalue weighted by atomic mass is 32.2. The monoisotopic (exact) mass is 411 g/mol. The van der Waals surface area contributed by atoms with Crippen LogP contribution in [0.15, 0.2) is 65.3 Å². The molecule has 3 rings (SSSR count). The first-order chi connectivity index (χ1) is 14.0. The zero-order chi connectivity index (χ0) is 20.8. The summed E-state index contributed by atoms with van der Waals surface area (Å²) in [5, 5.41) is 3.29. The SMILES string of the molecule is CCC(C)NC(=O)CSC1=NC(=Cc2ccccc2)C(=O)N1c1ccc(F)cc1. The fourth-order valence-corrected chi connectivity index (χ4v) is 3.49. The van der Waals surface area contributed by atoms with E-state index in [0.29, 0.717) is 10.9 Å². The van der Waals surface area contributed by atoms with E-state index in [-0.39, 0.29) is 35.1 Å². The van der Waals surface area contributed by atoms with Crippen LogP contribution in [-0.4, -0.2) is 28.8 Å². The molecule has 1 heterocycles. The minimum atomic E-state index is -0.389. The number of benzene rings is 2. The van der Waals surface area contributed by atoms with Crippen LogP contribution in [0.25, 0.3) is 6.08 Å². The Morgan fingerprint density at radius 3 is 2.55 bits per heavy atom. The predicted octanol–water partition coefficient (Wildman–Crippen LogP) is 4.22. The molecule has 2 aromatic rings. The Hall–Kier alpha value is -2.93. The van der Waals surface area contributed by atoms with E-state index in [1.165, 1.54) is 40.9 Å². The minimum absolute atomic E-state index is 0.0805. The highest BCUT2D eigenvalue weighted by Gasteiger charge is 2.32. The fraction of sp³-hybridized carbons (Fsp3) is 0.227. The largest absolute Gasteiger partial charge is 0.353 e. The first-order valence-electron chi connectivity index (χ1n) is 9.35. The Kier molecular flexibility index (Phi) is 6.82. The average molecular weight is 412 g/mol. The van der Waals surface area contributed by atoms with Crippen molar-refractivity contribution in [3.63, 3.8) is 0 Å². The summed E-state index contributed by atoms with van der Waals surface area (Å²) in [4.78, 5) is 31.0. The summed E-state index contributed by atoms with van der Waals surface area (Å²) >= 11 is 1.18. The molecule has 0 aromatic heterocycles. The third kappa shape index (κ3) is 5.32. The molecular weight excluding hydrogens is 389 g/mol. The zero-order valence-electron chi connectivity index (χ0n) is 16.3. The number of thioether (sulfide) groups is 1. The number of aliphatic imine (C=N–C) groups is 1. The molecule has 0 saturated carbocycles. The summed E-state index contributed by atoms with van der Waals surface area (Å²) in [6.45, 7) is 3.93. The summed E-state index contributed by atoms with van der Waals surface area (Å²) in [7, 11) is 0. The number of carbonyl (C=O) groups excluding carboxylic acids is 2. The van der Waals surface area contributed by atoms with E-state index in [9.17, 15) is 14.0 Å². The van der Waals surface area contributed by atoms with Gasteiger partial charge in [-0.15, -0.1) is 0 Å². The molecule has 5 nitrogen and oxygen atoms in total. The maximum atomic E-state index is 13.3. The number of hydrogen-bond donors (Lipinski definition) is 1. The van der Waals surface area contributed by atoms with E-state index in [1.807, 2.05) is 44.2 Å². The smallest absolute Gasteiger partial charge is 0.283 e. The van der Waals surface area contributed by atoms with E-state index in [4.69, 9.17) is 0 Å². The van der Waals surface area contributed by atoms with Crippen molar-refractivity contribution < 1.29 is 14.0 Å². The average Bonchev–Trinajstić information content (AvgIpc) is 3.03. The maximum absolute atomic E-state index is 13.3. The quantitative estimate of drug-likeness (QED) is 0.724. The second-order valence-electron chi connectivity index (χ2n) is 6.62. The van der Waals surface area contributed by atoms with E-state index >= 15 is 0 Å². The lowest BCUT2D eigenvalue weighted by atomic mass is 10.2. The standard InChI is InChI=1S/C22H22FN3O2S/c1-3-15(2)24-20(27)14-29-22-25-19(13-16-7-5-4-6-8-16)21(28)26(22)18-11-9-17(23)10-12-18/h4-13,15H,3,14H2,1-2H3,(H,24,27).